The quantitative estimate of drug-likeness (QED) is 0.171. The van der Waals surface area contributed by atoms with Crippen molar-refractivity contribution in [1.82, 2.24) is 24.6 Å². The Kier molecular flexibility index (Phi) is 11.9. The second-order valence-corrected chi connectivity index (χ2v) is 11.9. The van der Waals surface area contributed by atoms with Crippen molar-refractivity contribution in [1.29, 1.82) is 0 Å². The Morgan fingerprint density at radius 3 is 2.62 bits per heavy atom. The minimum Gasteiger partial charge on any atom is -0.444 e. The van der Waals surface area contributed by atoms with Crippen LogP contribution in [0, 0.1) is 11.8 Å². The molecular formula is C31H44F2N8O4. The molecule has 246 valence electrons. The Hall–Kier alpha value is -3.46. The maximum atomic E-state index is 14.0. The molecule has 2 aliphatic carbocycles. The van der Waals surface area contributed by atoms with Crippen molar-refractivity contribution in [3.05, 3.63) is 42.2 Å². The first-order chi connectivity index (χ1) is 21.9. The number of hydrogen-bond acceptors (Lipinski definition) is 10. The number of halogens is 2. The normalized spacial score (nSPS) is 18.5. The molecule has 0 aromatic carbocycles. The summed E-state index contributed by atoms with van der Waals surface area (Å²) in [7, 11) is 2.08. The van der Waals surface area contributed by atoms with Gasteiger partial charge in [0.1, 0.15) is 12.1 Å². The summed E-state index contributed by atoms with van der Waals surface area (Å²) in [6.45, 7) is 5.41. The molecule has 3 aromatic heterocycles. The number of pyridine rings is 1. The number of likely N-dealkylation sites (N-methyl/N-ethyl adjacent to an activating group) is 1. The minimum absolute atomic E-state index is 0.0142. The van der Waals surface area contributed by atoms with Crippen molar-refractivity contribution in [2.24, 2.45) is 17.6 Å². The fraction of sp³-hybridized carbons (Fsp3) is 0.613. The van der Waals surface area contributed by atoms with E-state index in [1.807, 2.05) is 0 Å². The molecule has 4 N–H and O–H groups in total. The average Bonchev–Trinajstić information content (AvgIpc) is 3.56. The SMILES string of the molecule is CN(CCOCCOCCN)CC1CCC(n2cc(NC(=O)c3coc(-c4ccnc(NCC5CC5)c4)n3)c(C(F)F)n2)CC1. The Morgan fingerprint density at radius 1 is 1.13 bits per heavy atom. The first kappa shape index (κ1) is 32.9. The molecule has 0 radical (unpaired) electrons. The van der Waals surface area contributed by atoms with Crippen LogP contribution in [0.4, 0.5) is 20.3 Å². The number of anilines is 2. The van der Waals surface area contributed by atoms with Crippen LogP contribution in [0.15, 0.2) is 35.2 Å². The van der Waals surface area contributed by atoms with Gasteiger partial charge >= 0.3 is 0 Å². The number of hydrogen-bond donors (Lipinski definition) is 3. The zero-order chi connectivity index (χ0) is 31.6. The fourth-order valence-electron chi connectivity index (χ4n) is 5.53. The fourth-order valence-corrected chi connectivity index (χ4v) is 5.53. The van der Waals surface area contributed by atoms with Crippen LogP contribution in [0.1, 0.15) is 67.2 Å². The van der Waals surface area contributed by atoms with E-state index in [0.717, 1.165) is 45.3 Å². The molecule has 0 spiro atoms. The lowest BCUT2D eigenvalue weighted by Gasteiger charge is -2.31. The van der Waals surface area contributed by atoms with E-state index in [4.69, 9.17) is 19.6 Å². The van der Waals surface area contributed by atoms with Crippen molar-refractivity contribution in [2.45, 2.75) is 51.0 Å². The van der Waals surface area contributed by atoms with E-state index in [0.29, 0.717) is 56.2 Å². The molecule has 5 rings (SSSR count). The highest BCUT2D eigenvalue weighted by atomic mass is 19.3. The molecule has 14 heteroatoms. The van der Waals surface area contributed by atoms with Crippen LogP contribution in [0.3, 0.4) is 0 Å². The summed E-state index contributed by atoms with van der Waals surface area (Å²) in [6, 6.07) is 3.53. The van der Waals surface area contributed by atoms with E-state index in [9.17, 15) is 13.6 Å². The highest BCUT2D eigenvalue weighted by molar-refractivity contribution is 6.03. The Labute approximate surface area is 262 Å². The topological polar surface area (TPSA) is 146 Å². The van der Waals surface area contributed by atoms with E-state index in [1.54, 1.807) is 23.0 Å². The van der Waals surface area contributed by atoms with Gasteiger partial charge in [0.25, 0.3) is 12.3 Å². The molecule has 12 nitrogen and oxygen atoms in total. The van der Waals surface area contributed by atoms with Gasteiger partial charge in [-0.05, 0) is 69.5 Å². The van der Waals surface area contributed by atoms with E-state index < -0.39 is 18.0 Å². The van der Waals surface area contributed by atoms with E-state index in [-0.39, 0.29) is 23.3 Å². The smallest absolute Gasteiger partial charge is 0.284 e. The summed E-state index contributed by atoms with van der Waals surface area (Å²) in [5.41, 5.74) is 5.56. The first-order valence-electron chi connectivity index (χ1n) is 15.8. The molecule has 0 aliphatic heterocycles. The Bertz CT molecular complexity index is 1360. The van der Waals surface area contributed by atoms with Crippen LogP contribution in [0.25, 0.3) is 11.5 Å². The molecule has 2 saturated carbocycles. The molecule has 2 aliphatic rings. The maximum absolute atomic E-state index is 14.0. The number of nitrogens with two attached hydrogens (primary N) is 1. The van der Waals surface area contributed by atoms with Crippen LogP contribution in [0.5, 0.6) is 0 Å². The van der Waals surface area contributed by atoms with Gasteiger partial charge < -0.3 is 35.2 Å². The van der Waals surface area contributed by atoms with Crippen molar-refractivity contribution in [2.75, 3.05) is 70.3 Å². The molecule has 0 saturated heterocycles. The van der Waals surface area contributed by atoms with Gasteiger partial charge in [-0.2, -0.15) is 5.10 Å². The number of aromatic nitrogens is 4. The van der Waals surface area contributed by atoms with Crippen LogP contribution in [0.2, 0.25) is 0 Å². The number of nitrogens with one attached hydrogen (secondary N) is 2. The maximum Gasteiger partial charge on any atom is 0.284 e. The van der Waals surface area contributed by atoms with Crippen LogP contribution in [-0.4, -0.2) is 90.2 Å². The van der Waals surface area contributed by atoms with Crippen molar-refractivity contribution < 1.29 is 27.5 Å². The molecule has 3 aromatic rings. The van der Waals surface area contributed by atoms with Crippen LogP contribution in [-0.2, 0) is 9.47 Å². The van der Waals surface area contributed by atoms with E-state index in [1.165, 1.54) is 25.3 Å². The van der Waals surface area contributed by atoms with E-state index >= 15 is 0 Å². The predicted molar refractivity (Wildman–Crippen MR) is 165 cm³/mol. The van der Waals surface area contributed by atoms with Gasteiger partial charge in [0, 0.05) is 44.1 Å². The molecule has 2 fully saturated rings. The minimum atomic E-state index is -2.84. The number of ether oxygens (including phenoxy) is 2. The van der Waals surface area contributed by atoms with Crippen molar-refractivity contribution in [3.63, 3.8) is 0 Å². The predicted octanol–water partition coefficient (Wildman–Crippen LogP) is 4.60. The van der Waals surface area contributed by atoms with Gasteiger partial charge in [-0.3, -0.25) is 9.48 Å². The van der Waals surface area contributed by atoms with Gasteiger partial charge in [0.2, 0.25) is 5.89 Å². The third kappa shape index (κ3) is 9.76. The molecule has 3 heterocycles. The van der Waals surface area contributed by atoms with Gasteiger partial charge in [-0.15, -0.1) is 0 Å². The highest BCUT2D eigenvalue weighted by Gasteiger charge is 2.28. The number of oxazole rings is 1. The standard InChI is InChI=1S/C31H44F2N8O4/c1-40(11-13-44-15-14-43-12-9-34)18-22-4-6-24(7-5-22)41-19-25(28(39-41)29(32)33)37-30(42)26-20-45-31(38-26)23-8-10-35-27(16-23)36-17-21-2-3-21/h8,10,16,19-22,24,29H,2-7,9,11-15,17-18,34H2,1H3,(H,35,36)(H,37,42). The van der Waals surface area contributed by atoms with Gasteiger partial charge in [-0.1, -0.05) is 0 Å². The van der Waals surface area contributed by atoms with Crippen LogP contribution < -0.4 is 16.4 Å². The molecule has 45 heavy (non-hydrogen) atoms. The summed E-state index contributed by atoms with van der Waals surface area (Å²) in [5.74, 6) is 1.49. The van der Waals surface area contributed by atoms with Crippen molar-refractivity contribution in [3.8, 4) is 11.5 Å². The summed E-state index contributed by atoms with van der Waals surface area (Å²) < 4.78 is 46.0. The first-order valence-corrected chi connectivity index (χ1v) is 15.8. The molecule has 0 atom stereocenters. The lowest BCUT2D eigenvalue weighted by molar-refractivity contribution is 0.0413. The summed E-state index contributed by atoms with van der Waals surface area (Å²) in [5, 5.41) is 10.1. The largest absolute Gasteiger partial charge is 0.444 e. The second-order valence-electron chi connectivity index (χ2n) is 11.9. The summed E-state index contributed by atoms with van der Waals surface area (Å²) in [4.78, 5) is 23.9. The third-order valence-electron chi connectivity index (χ3n) is 8.24. The second kappa shape index (κ2) is 16.2. The molecular weight excluding hydrogens is 586 g/mol. The van der Waals surface area contributed by atoms with Crippen molar-refractivity contribution >= 4 is 17.4 Å². The van der Waals surface area contributed by atoms with Crippen LogP contribution >= 0.6 is 0 Å². The molecule has 0 unspecified atom stereocenters. The molecule has 0 bridgehead atoms. The number of carbonyl (C=O) groups excluding carboxylic acids is 1. The lowest BCUT2D eigenvalue weighted by Crippen LogP contribution is -2.31. The highest BCUT2D eigenvalue weighted by Crippen LogP contribution is 2.35. The number of rotatable bonds is 18. The zero-order valence-electron chi connectivity index (χ0n) is 25.8. The lowest BCUT2D eigenvalue weighted by atomic mass is 9.86. The number of carbonyl (C=O) groups is 1. The summed E-state index contributed by atoms with van der Waals surface area (Å²) in [6.07, 6.45) is 7.54. The number of amides is 1. The number of nitrogens with zero attached hydrogens (tertiary/aromatic N) is 5. The Balaban J connectivity index is 1.11. The van der Waals surface area contributed by atoms with Gasteiger partial charge in [-0.25, -0.2) is 18.7 Å². The summed E-state index contributed by atoms with van der Waals surface area (Å²) >= 11 is 0. The molecule has 1 amide bonds. The van der Waals surface area contributed by atoms with Gasteiger partial charge in [0.15, 0.2) is 11.4 Å². The monoisotopic (exact) mass is 630 g/mol. The Morgan fingerprint density at radius 2 is 1.89 bits per heavy atom. The van der Waals surface area contributed by atoms with Gasteiger partial charge in [0.05, 0.1) is 38.2 Å². The zero-order valence-corrected chi connectivity index (χ0v) is 25.8. The average molecular weight is 631 g/mol. The third-order valence-corrected chi connectivity index (χ3v) is 8.24. The van der Waals surface area contributed by atoms with E-state index in [2.05, 4.69) is 37.6 Å². The number of alkyl halides is 2.